The van der Waals surface area contributed by atoms with Crippen LogP contribution >= 0.6 is 0 Å². The van der Waals surface area contributed by atoms with Gasteiger partial charge in [-0.25, -0.2) is 14.3 Å². The van der Waals surface area contributed by atoms with Gasteiger partial charge in [0, 0.05) is 25.4 Å². The second-order valence-corrected chi connectivity index (χ2v) is 6.64. The Kier molecular flexibility index (Phi) is 4.94. The number of nitrogens with one attached hydrogen (secondary N) is 1. The van der Waals surface area contributed by atoms with Crippen molar-refractivity contribution >= 4 is 34.8 Å². The lowest BCUT2D eigenvalue weighted by atomic mass is 10.2. The van der Waals surface area contributed by atoms with E-state index in [2.05, 4.69) is 15.4 Å². The third-order valence-electron chi connectivity index (χ3n) is 4.65. The van der Waals surface area contributed by atoms with Crippen molar-refractivity contribution in [1.29, 1.82) is 0 Å². The zero-order valence-corrected chi connectivity index (χ0v) is 15.8. The van der Waals surface area contributed by atoms with Crippen LogP contribution in [0.4, 0.5) is 11.4 Å². The molecule has 0 saturated carbocycles. The zero-order chi connectivity index (χ0) is 20.4. The first-order valence-electron chi connectivity index (χ1n) is 9.21. The molecule has 1 aliphatic heterocycles. The molecule has 1 aliphatic rings. The SMILES string of the molecule is Cc1nn2cccnc2c1C(=O)OCC(=O)Nc1ccccc1N1CCCC1=O. The predicted molar refractivity (Wildman–Crippen MR) is 105 cm³/mol. The number of nitrogens with zero attached hydrogens (tertiary/aromatic N) is 4. The Morgan fingerprint density at radius 1 is 1.24 bits per heavy atom. The summed E-state index contributed by atoms with van der Waals surface area (Å²) in [7, 11) is 0. The van der Waals surface area contributed by atoms with E-state index in [0.29, 0.717) is 35.7 Å². The summed E-state index contributed by atoms with van der Waals surface area (Å²) in [6.07, 6.45) is 4.50. The first-order chi connectivity index (χ1) is 14.0. The maximum atomic E-state index is 12.5. The van der Waals surface area contributed by atoms with E-state index in [9.17, 15) is 14.4 Å². The van der Waals surface area contributed by atoms with Gasteiger partial charge in [0.2, 0.25) is 5.91 Å². The van der Waals surface area contributed by atoms with E-state index in [0.717, 1.165) is 6.42 Å². The molecule has 9 nitrogen and oxygen atoms in total. The third kappa shape index (κ3) is 3.66. The van der Waals surface area contributed by atoms with Crippen molar-refractivity contribution in [3.05, 3.63) is 54.0 Å². The molecule has 1 saturated heterocycles. The molecule has 2 aromatic heterocycles. The van der Waals surface area contributed by atoms with E-state index in [1.165, 1.54) is 4.52 Å². The van der Waals surface area contributed by atoms with Gasteiger partial charge in [0.15, 0.2) is 12.3 Å². The van der Waals surface area contributed by atoms with Crippen LogP contribution in [0.25, 0.3) is 5.65 Å². The molecule has 0 radical (unpaired) electrons. The van der Waals surface area contributed by atoms with Crippen molar-refractivity contribution in [3.63, 3.8) is 0 Å². The molecule has 3 heterocycles. The summed E-state index contributed by atoms with van der Waals surface area (Å²) >= 11 is 0. The van der Waals surface area contributed by atoms with Crippen LogP contribution in [0.3, 0.4) is 0 Å². The predicted octanol–water partition coefficient (Wildman–Crippen LogP) is 1.96. The number of aromatic nitrogens is 3. The van der Waals surface area contributed by atoms with Crippen LogP contribution in [0.5, 0.6) is 0 Å². The fourth-order valence-electron chi connectivity index (χ4n) is 3.34. The van der Waals surface area contributed by atoms with Gasteiger partial charge < -0.3 is 15.0 Å². The minimum absolute atomic E-state index is 0.0224. The van der Waals surface area contributed by atoms with E-state index in [1.54, 1.807) is 54.5 Å². The number of amides is 2. The lowest BCUT2D eigenvalue weighted by Crippen LogP contribution is -2.27. The number of aryl methyl sites for hydroxylation is 1. The van der Waals surface area contributed by atoms with Crippen molar-refractivity contribution in [2.24, 2.45) is 0 Å². The van der Waals surface area contributed by atoms with E-state index in [-0.39, 0.29) is 11.5 Å². The molecule has 29 heavy (non-hydrogen) atoms. The summed E-state index contributed by atoms with van der Waals surface area (Å²) in [6, 6.07) is 8.75. The molecule has 2 amide bonds. The van der Waals surface area contributed by atoms with Gasteiger partial charge >= 0.3 is 5.97 Å². The first-order valence-corrected chi connectivity index (χ1v) is 9.21. The van der Waals surface area contributed by atoms with Crippen LogP contribution in [0.2, 0.25) is 0 Å². The largest absolute Gasteiger partial charge is 0.452 e. The van der Waals surface area contributed by atoms with E-state index < -0.39 is 18.5 Å². The smallest absolute Gasteiger partial charge is 0.344 e. The zero-order valence-electron chi connectivity index (χ0n) is 15.8. The number of fused-ring (bicyclic) bond motifs is 1. The van der Waals surface area contributed by atoms with Gasteiger partial charge in [0.25, 0.3) is 5.91 Å². The Morgan fingerprint density at radius 3 is 2.86 bits per heavy atom. The minimum Gasteiger partial charge on any atom is -0.452 e. The molecule has 4 rings (SSSR count). The monoisotopic (exact) mass is 393 g/mol. The summed E-state index contributed by atoms with van der Waals surface area (Å²) < 4.78 is 6.65. The maximum Gasteiger partial charge on any atom is 0.344 e. The second kappa shape index (κ2) is 7.70. The topological polar surface area (TPSA) is 106 Å². The molecule has 1 N–H and O–H groups in total. The van der Waals surface area contributed by atoms with Gasteiger partial charge in [-0.2, -0.15) is 5.10 Å². The number of para-hydroxylation sites is 2. The summed E-state index contributed by atoms with van der Waals surface area (Å²) in [5, 5.41) is 6.92. The van der Waals surface area contributed by atoms with Gasteiger partial charge in [0.05, 0.1) is 17.1 Å². The van der Waals surface area contributed by atoms with Crippen molar-refractivity contribution in [2.75, 3.05) is 23.4 Å². The van der Waals surface area contributed by atoms with Crippen LogP contribution in [0, 0.1) is 6.92 Å². The van der Waals surface area contributed by atoms with Gasteiger partial charge in [-0.15, -0.1) is 0 Å². The Labute approximate surface area is 166 Å². The highest BCUT2D eigenvalue weighted by atomic mass is 16.5. The number of anilines is 2. The maximum absolute atomic E-state index is 12.5. The summed E-state index contributed by atoms with van der Waals surface area (Å²) in [4.78, 5) is 42.6. The summed E-state index contributed by atoms with van der Waals surface area (Å²) in [6.45, 7) is 1.82. The lowest BCUT2D eigenvalue weighted by molar-refractivity contribution is -0.119. The number of carbonyl (C=O) groups is 3. The molecule has 0 atom stereocenters. The Bertz CT molecular complexity index is 1110. The fourth-order valence-corrected chi connectivity index (χ4v) is 3.34. The molecule has 0 bridgehead atoms. The highest BCUT2D eigenvalue weighted by Gasteiger charge is 2.25. The summed E-state index contributed by atoms with van der Waals surface area (Å²) in [5.41, 5.74) is 2.19. The van der Waals surface area contributed by atoms with Crippen molar-refractivity contribution in [1.82, 2.24) is 14.6 Å². The number of ether oxygens (including phenoxy) is 1. The molecule has 148 valence electrons. The summed E-state index contributed by atoms with van der Waals surface area (Å²) in [5.74, 6) is -1.15. The Morgan fingerprint density at radius 2 is 2.07 bits per heavy atom. The molecular weight excluding hydrogens is 374 g/mol. The van der Waals surface area contributed by atoms with Crippen molar-refractivity contribution < 1.29 is 19.1 Å². The second-order valence-electron chi connectivity index (χ2n) is 6.64. The van der Waals surface area contributed by atoms with Crippen molar-refractivity contribution in [3.8, 4) is 0 Å². The molecule has 3 aromatic rings. The lowest BCUT2D eigenvalue weighted by Gasteiger charge is -2.19. The van der Waals surface area contributed by atoms with Crippen LogP contribution < -0.4 is 10.2 Å². The molecule has 1 fully saturated rings. The third-order valence-corrected chi connectivity index (χ3v) is 4.65. The normalized spacial score (nSPS) is 13.7. The average molecular weight is 393 g/mol. The van der Waals surface area contributed by atoms with Gasteiger partial charge in [-0.1, -0.05) is 12.1 Å². The molecule has 0 unspecified atom stereocenters. The van der Waals surface area contributed by atoms with Gasteiger partial charge in [-0.05, 0) is 31.5 Å². The molecular formula is C20H19N5O4. The quantitative estimate of drug-likeness (QED) is 0.664. The highest BCUT2D eigenvalue weighted by Crippen LogP contribution is 2.29. The number of hydrogen-bond acceptors (Lipinski definition) is 6. The van der Waals surface area contributed by atoms with Crippen molar-refractivity contribution in [2.45, 2.75) is 19.8 Å². The van der Waals surface area contributed by atoms with E-state index in [1.807, 2.05) is 0 Å². The van der Waals surface area contributed by atoms with Crippen LogP contribution in [0.1, 0.15) is 28.9 Å². The Hall–Kier alpha value is -3.75. The van der Waals surface area contributed by atoms with E-state index >= 15 is 0 Å². The number of rotatable bonds is 5. The molecule has 0 aliphatic carbocycles. The number of carbonyl (C=O) groups excluding carboxylic acids is 3. The highest BCUT2D eigenvalue weighted by molar-refractivity contribution is 6.03. The Balaban J connectivity index is 1.44. The van der Waals surface area contributed by atoms with Crippen LogP contribution in [-0.4, -0.2) is 45.5 Å². The van der Waals surface area contributed by atoms with Gasteiger partial charge in [-0.3, -0.25) is 9.59 Å². The van der Waals surface area contributed by atoms with Gasteiger partial charge in [0.1, 0.15) is 5.56 Å². The number of esters is 1. The molecule has 9 heteroatoms. The minimum atomic E-state index is -0.672. The number of benzene rings is 1. The van der Waals surface area contributed by atoms with E-state index in [4.69, 9.17) is 4.74 Å². The average Bonchev–Trinajstić information content (AvgIpc) is 3.28. The molecule has 0 spiro atoms. The standard InChI is InChI=1S/C20H19N5O4/c1-13-18(19-21-9-5-11-25(19)23-13)20(28)29-12-16(26)22-14-6-2-3-7-15(14)24-10-4-8-17(24)27/h2-3,5-7,9,11H,4,8,10,12H2,1H3,(H,22,26). The molecule has 1 aromatic carbocycles. The first kappa shape index (κ1) is 18.6. The van der Waals surface area contributed by atoms with Crippen LogP contribution in [-0.2, 0) is 14.3 Å². The fraction of sp³-hybridized carbons (Fsp3) is 0.250. The number of hydrogen-bond donors (Lipinski definition) is 1. The van der Waals surface area contributed by atoms with Crippen LogP contribution in [0.15, 0.2) is 42.7 Å².